The molecule has 0 atom stereocenters. The van der Waals surface area contributed by atoms with Crippen LogP contribution < -0.4 is 0 Å². The number of benzene rings is 1. The third-order valence-corrected chi connectivity index (χ3v) is 3.22. The lowest BCUT2D eigenvalue weighted by Crippen LogP contribution is -2.07. The van der Waals surface area contributed by atoms with Crippen LogP contribution in [0.3, 0.4) is 0 Å². The Kier molecular flexibility index (Phi) is 5.38. The molecule has 0 saturated heterocycles. The van der Waals surface area contributed by atoms with Gasteiger partial charge in [0, 0.05) is 12.0 Å². The fraction of sp³-hybridized carbons (Fsp3) is 0.500. The molecule has 1 fully saturated rings. The zero-order valence-electron chi connectivity index (χ0n) is 11.0. The third-order valence-electron chi connectivity index (χ3n) is 3.22. The van der Waals surface area contributed by atoms with Crippen LogP contribution in [0.25, 0.3) is 0 Å². The van der Waals surface area contributed by atoms with Gasteiger partial charge in [-0.25, -0.2) is 4.39 Å². The fourth-order valence-corrected chi connectivity index (χ4v) is 2.30. The second kappa shape index (κ2) is 7.28. The first-order valence-corrected chi connectivity index (χ1v) is 6.79. The lowest BCUT2D eigenvalue weighted by atomic mass is 10.1. The predicted octanol–water partition coefficient (Wildman–Crippen LogP) is 3.02. The summed E-state index contributed by atoms with van der Waals surface area (Å²) in [6.45, 7) is 0.469. The number of aliphatic hydroxyl groups excluding tert-OH is 1. The molecule has 0 unspecified atom stereocenters. The van der Waals surface area contributed by atoms with Gasteiger partial charge in [-0.3, -0.25) is 0 Å². The molecule has 2 rings (SSSR count). The van der Waals surface area contributed by atoms with Crippen LogP contribution in [0.5, 0.6) is 0 Å². The first-order valence-electron chi connectivity index (χ1n) is 6.79. The number of rotatable bonds is 4. The SMILES string of the molecule is OCCC#Cc1cc(F)cc(COC2CCCC2)c1. The highest BCUT2D eigenvalue weighted by Gasteiger charge is 2.15. The van der Waals surface area contributed by atoms with Crippen molar-refractivity contribution in [2.75, 3.05) is 6.61 Å². The van der Waals surface area contributed by atoms with Crippen molar-refractivity contribution in [2.45, 2.75) is 44.8 Å². The minimum Gasteiger partial charge on any atom is -0.395 e. The van der Waals surface area contributed by atoms with Gasteiger partial charge in [0.25, 0.3) is 0 Å². The van der Waals surface area contributed by atoms with E-state index in [1.165, 1.54) is 25.0 Å². The first kappa shape index (κ1) is 14.0. The Hall–Kier alpha value is -1.37. The maximum atomic E-state index is 13.5. The van der Waals surface area contributed by atoms with E-state index < -0.39 is 0 Å². The number of halogens is 1. The third kappa shape index (κ3) is 4.66. The molecule has 19 heavy (non-hydrogen) atoms. The summed E-state index contributed by atoms with van der Waals surface area (Å²) in [4.78, 5) is 0. The number of ether oxygens (including phenoxy) is 1. The van der Waals surface area contributed by atoms with Crippen molar-refractivity contribution in [2.24, 2.45) is 0 Å². The average Bonchev–Trinajstić information content (AvgIpc) is 2.89. The standard InChI is InChI=1S/C16H19FO2/c17-15-10-13(5-3-4-8-18)9-14(11-15)12-19-16-6-1-2-7-16/h9-11,16,18H,1-2,4,6-8,12H2. The van der Waals surface area contributed by atoms with Gasteiger partial charge >= 0.3 is 0 Å². The van der Waals surface area contributed by atoms with Gasteiger partial charge in [0.1, 0.15) is 5.82 Å². The van der Waals surface area contributed by atoms with Crippen molar-refractivity contribution in [3.8, 4) is 11.8 Å². The lowest BCUT2D eigenvalue weighted by molar-refractivity contribution is 0.0455. The van der Waals surface area contributed by atoms with E-state index in [0.717, 1.165) is 18.4 Å². The van der Waals surface area contributed by atoms with Gasteiger partial charge in [0.2, 0.25) is 0 Å². The van der Waals surface area contributed by atoms with Gasteiger partial charge in [-0.2, -0.15) is 0 Å². The molecule has 0 aromatic heterocycles. The van der Waals surface area contributed by atoms with E-state index in [4.69, 9.17) is 9.84 Å². The molecular weight excluding hydrogens is 243 g/mol. The van der Waals surface area contributed by atoms with Crippen molar-refractivity contribution >= 4 is 0 Å². The summed E-state index contributed by atoms with van der Waals surface area (Å²) in [7, 11) is 0. The average molecular weight is 262 g/mol. The predicted molar refractivity (Wildman–Crippen MR) is 72.0 cm³/mol. The highest BCUT2D eigenvalue weighted by molar-refractivity contribution is 5.37. The highest BCUT2D eigenvalue weighted by Crippen LogP contribution is 2.22. The molecule has 1 aliphatic rings. The smallest absolute Gasteiger partial charge is 0.124 e. The molecule has 1 saturated carbocycles. The van der Waals surface area contributed by atoms with Crippen molar-refractivity contribution in [1.29, 1.82) is 0 Å². The molecule has 0 radical (unpaired) electrons. The normalized spacial score (nSPS) is 15.3. The lowest BCUT2D eigenvalue weighted by Gasteiger charge is -2.11. The molecule has 1 aromatic rings. The summed E-state index contributed by atoms with van der Waals surface area (Å²) >= 11 is 0. The van der Waals surface area contributed by atoms with Gasteiger partial charge in [-0.05, 0) is 36.6 Å². The van der Waals surface area contributed by atoms with Crippen molar-refractivity contribution in [3.05, 3.63) is 35.1 Å². The van der Waals surface area contributed by atoms with Crippen LogP contribution in [-0.4, -0.2) is 17.8 Å². The minimum atomic E-state index is -0.291. The summed E-state index contributed by atoms with van der Waals surface area (Å²) < 4.78 is 19.2. The van der Waals surface area contributed by atoms with Crippen LogP contribution in [-0.2, 0) is 11.3 Å². The zero-order chi connectivity index (χ0) is 13.5. The Morgan fingerprint density at radius 2 is 2.05 bits per heavy atom. The molecule has 1 N–H and O–H groups in total. The molecule has 0 heterocycles. The second-order valence-corrected chi connectivity index (χ2v) is 4.84. The summed E-state index contributed by atoms with van der Waals surface area (Å²) in [5.74, 6) is 5.35. The Labute approximate surface area is 113 Å². The molecule has 102 valence electrons. The molecule has 1 aliphatic carbocycles. The van der Waals surface area contributed by atoms with E-state index in [0.29, 0.717) is 24.7 Å². The maximum absolute atomic E-state index is 13.5. The molecule has 0 amide bonds. The quantitative estimate of drug-likeness (QED) is 0.845. The van der Waals surface area contributed by atoms with Gasteiger partial charge in [-0.15, -0.1) is 0 Å². The Morgan fingerprint density at radius 3 is 2.79 bits per heavy atom. The van der Waals surface area contributed by atoms with E-state index in [1.54, 1.807) is 0 Å². The summed E-state index contributed by atoms with van der Waals surface area (Å²) in [6, 6.07) is 4.75. The van der Waals surface area contributed by atoms with Crippen molar-refractivity contribution < 1.29 is 14.2 Å². The van der Waals surface area contributed by atoms with Crippen LogP contribution in [0.1, 0.15) is 43.2 Å². The van der Waals surface area contributed by atoms with Crippen LogP contribution in [0.15, 0.2) is 18.2 Å². The summed E-state index contributed by atoms with van der Waals surface area (Å²) in [5, 5.41) is 8.66. The Balaban J connectivity index is 1.97. The van der Waals surface area contributed by atoms with E-state index in [2.05, 4.69) is 11.8 Å². The van der Waals surface area contributed by atoms with Gasteiger partial charge in [0.15, 0.2) is 0 Å². The Morgan fingerprint density at radius 1 is 1.26 bits per heavy atom. The van der Waals surface area contributed by atoms with Crippen LogP contribution in [0.2, 0.25) is 0 Å². The highest BCUT2D eigenvalue weighted by atomic mass is 19.1. The molecule has 0 aliphatic heterocycles. The fourth-order valence-electron chi connectivity index (χ4n) is 2.30. The number of hydrogen-bond acceptors (Lipinski definition) is 2. The maximum Gasteiger partial charge on any atom is 0.124 e. The van der Waals surface area contributed by atoms with E-state index in [9.17, 15) is 4.39 Å². The minimum absolute atomic E-state index is 0.0277. The Bertz CT molecular complexity index is 467. The molecule has 0 spiro atoms. The molecule has 3 heteroatoms. The largest absolute Gasteiger partial charge is 0.395 e. The second-order valence-electron chi connectivity index (χ2n) is 4.84. The van der Waals surface area contributed by atoms with E-state index in [1.807, 2.05) is 6.07 Å². The molecule has 2 nitrogen and oxygen atoms in total. The topological polar surface area (TPSA) is 29.5 Å². The van der Waals surface area contributed by atoms with Crippen LogP contribution >= 0.6 is 0 Å². The van der Waals surface area contributed by atoms with Crippen LogP contribution in [0, 0.1) is 17.7 Å². The van der Waals surface area contributed by atoms with Crippen LogP contribution in [0.4, 0.5) is 4.39 Å². The first-order chi connectivity index (χ1) is 9.28. The van der Waals surface area contributed by atoms with Crippen molar-refractivity contribution in [1.82, 2.24) is 0 Å². The van der Waals surface area contributed by atoms with E-state index >= 15 is 0 Å². The molecule has 1 aromatic carbocycles. The molecule has 0 bridgehead atoms. The number of hydrogen-bond donors (Lipinski definition) is 1. The van der Waals surface area contributed by atoms with Gasteiger partial charge in [0.05, 0.1) is 19.3 Å². The van der Waals surface area contributed by atoms with Gasteiger partial charge in [-0.1, -0.05) is 24.7 Å². The monoisotopic (exact) mass is 262 g/mol. The summed E-state index contributed by atoms with van der Waals surface area (Å²) in [5.41, 5.74) is 1.46. The van der Waals surface area contributed by atoms with Gasteiger partial charge < -0.3 is 9.84 Å². The number of aliphatic hydroxyl groups is 1. The molecular formula is C16H19FO2. The van der Waals surface area contributed by atoms with E-state index in [-0.39, 0.29) is 12.4 Å². The summed E-state index contributed by atoms with van der Waals surface area (Å²) in [6.07, 6.45) is 5.41. The zero-order valence-corrected chi connectivity index (χ0v) is 11.0. The van der Waals surface area contributed by atoms with Crippen molar-refractivity contribution in [3.63, 3.8) is 0 Å².